The van der Waals surface area contributed by atoms with E-state index in [1.54, 1.807) is 19.2 Å². The molecule has 0 amide bonds. The molecule has 0 aliphatic carbocycles. The van der Waals surface area contributed by atoms with E-state index in [1.807, 2.05) is 29.2 Å². The molecule has 0 aromatic heterocycles. The number of halogens is 2. The van der Waals surface area contributed by atoms with Gasteiger partial charge in [-0.2, -0.15) is 0 Å². The zero-order valence-corrected chi connectivity index (χ0v) is 19.5. The van der Waals surface area contributed by atoms with Gasteiger partial charge in [-0.1, -0.05) is 47.5 Å². The first-order valence-corrected chi connectivity index (χ1v) is 8.80. The third-order valence-electron chi connectivity index (χ3n) is 4.39. The van der Waals surface area contributed by atoms with Gasteiger partial charge in [0.1, 0.15) is 11.6 Å². The molecule has 2 aromatic rings. The van der Waals surface area contributed by atoms with Crippen LogP contribution in [0.2, 0.25) is 10.0 Å². The monoisotopic (exact) mass is 413 g/mol. The fourth-order valence-corrected chi connectivity index (χ4v) is 3.32. The SMILES string of the molecule is C[N-]c1cccc(-c2ccc(Cl)c(Cl)c2)c1C(=N)N1CCC(=O)CC1.[K+]. The van der Waals surface area contributed by atoms with Crippen LogP contribution in [0.1, 0.15) is 18.4 Å². The van der Waals surface area contributed by atoms with Gasteiger partial charge >= 0.3 is 51.4 Å². The Balaban J connectivity index is 0.00000243. The summed E-state index contributed by atoms with van der Waals surface area (Å²) in [6.07, 6.45) is 0.964. The summed E-state index contributed by atoms with van der Waals surface area (Å²) in [7, 11) is 1.71. The van der Waals surface area contributed by atoms with Crippen molar-refractivity contribution in [3.05, 3.63) is 57.3 Å². The van der Waals surface area contributed by atoms with E-state index >= 15 is 0 Å². The zero-order chi connectivity index (χ0) is 18.0. The minimum Gasteiger partial charge on any atom is -0.686 e. The van der Waals surface area contributed by atoms with E-state index in [1.165, 1.54) is 0 Å². The Morgan fingerprint density at radius 1 is 1.12 bits per heavy atom. The third kappa shape index (κ3) is 4.71. The van der Waals surface area contributed by atoms with Crippen LogP contribution in [0.25, 0.3) is 16.4 Å². The number of nitrogens with one attached hydrogen (secondary N) is 1. The van der Waals surface area contributed by atoms with Crippen LogP contribution < -0.4 is 51.4 Å². The maximum Gasteiger partial charge on any atom is 1.00 e. The van der Waals surface area contributed by atoms with Gasteiger partial charge in [0.05, 0.1) is 10.0 Å². The first kappa shape index (κ1) is 21.9. The minimum absolute atomic E-state index is 0. The molecule has 0 unspecified atom stereocenters. The molecule has 130 valence electrons. The minimum atomic E-state index is 0. The molecule has 0 radical (unpaired) electrons. The summed E-state index contributed by atoms with van der Waals surface area (Å²) in [5.41, 5.74) is 3.25. The number of nitrogens with zero attached hydrogens (tertiary/aromatic N) is 2. The first-order chi connectivity index (χ1) is 12.0. The molecule has 4 nitrogen and oxygen atoms in total. The standard InChI is InChI=1S/C19H18Cl2N3O.K/c1-23-17-4-2-3-14(12-5-6-15(20)16(21)11-12)18(17)19(22)24-9-7-13(25)8-10-24;/h2-6,11H,7-10H2,1H3,(H-,22,23);/q-1;+1. The van der Waals surface area contributed by atoms with Crippen molar-refractivity contribution < 1.29 is 56.2 Å². The second kappa shape index (κ2) is 9.69. The van der Waals surface area contributed by atoms with Crippen LogP contribution in [0.15, 0.2) is 36.4 Å². The van der Waals surface area contributed by atoms with Gasteiger partial charge in [-0.15, -0.1) is 12.7 Å². The summed E-state index contributed by atoms with van der Waals surface area (Å²) >= 11 is 12.2. The van der Waals surface area contributed by atoms with Gasteiger partial charge < -0.3 is 10.2 Å². The van der Waals surface area contributed by atoms with Crippen molar-refractivity contribution in [2.24, 2.45) is 0 Å². The molecule has 0 saturated carbocycles. The number of carbonyl (C=O) groups excluding carboxylic acids is 1. The van der Waals surface area contributed by atoms with E-state index in [9.17, 15) is 4.79 Å². The van der Waals surface area contributed by atoms with Crippen molar-refractivity contribution in [3.8, 4) is 11.1 Å². The second-order valence-corrected chi connectivity index (χ2v) is 6.74. The average Bonchev–Trinajstić information content (AvgIpc) is 2.63. The van der Waals surface area contributed by atoms with Gasteiger partial charge in [0.15, 0.2) is 0 Å². The predicted octanol–water partition coefficient (Wildman–Crippen LogP) is 2.29. The van der Waals surface area contributed by atoms with Gasteiger partial charge in [0.2, 0.25) is 0 Å². The summed E-state index contributed by atoms with van der Waals surface area (Å²) in [6, 6.07) is 11.2. The molecule has 1 N–H and O–H groups in total. The number of ketones is 1. The average molecular weight is 414 g/mol. The van der Waals surface area contributed by atoms with Crippen LogP contribution in [0.5, 0.6) is 0 Å². The van der Waals surface area contributed by atoms with Crippen LogP contribution in [0.3, 0.4) is 0 Å². The van der Waals surface area contributed by atoms with E-state index in [4.69, 9.17) is 28.6 Å². The summed E-state index contributed by atoms with van der Waals surface area (Å²) in [4.78, 5) is 13.4. The second-order valence-electron chi connectivity index (χ2n) is 5.93. The van der Waals surface area contributed by atoms with Crippen molar-refractivity contribution in [1.82, 2.24) is 4.90 Å². The number of carbonyl (C=O) groups is 1. The molecule has 1 heterocycles. The van der Waals surface area contributed by atoms with Crippen LogP contribution in [-0.2, 0) is 4.79 Å². The Morgan fingerprint density at radius 2 is 1.81 bits per heavy atom. The molecular formula is C19H18Cl2KN3O. The van der Waals surface area contributed by atoms with Gasteiger partial charge in [-0.3, -0.25) is 10.2 Å². The Bertz CT molecular complexity index is 832. The van der Waals surface area contributed by atoms with Gasteiger partial charge in [0, 0.05) is 31.5 Å². The maximum absolute atomic E-state index is 11.5. The van der Waals surface area contributed by atoms with Crippen molar-refractivity contribution in [1.29, 1.82) is 5.41 Å². The molecule has 0 atom stereocenters. The molecule has 1 saturated heterocycles. The predicted molar refractivity (Wildman–Crippen MR) is 103 cm³/mol. The van der Waals surface area contributed by atoms with E-state index in [0.29, 0.717) is 41.8 Å². The molecule has 1 aliphatic rings. The molecule has 7 heteroatoms. The largest absolute Gasteiger partial charge is 1.00 e. The molecule has 0 bridgehead atoms. The number of Topliss-reactive ketones (excluding diaryl/α,β-unsaturated/α-hetero) is 1. The molecule has 0 spiro atoms. The van der Waals surface area contributed by atoms with E-state index in [-0.39, 0.29) is 57.2 Å². The van der Waals surface area contributed by atoms with Crippen LogP contribution >= 0.6 is 23.2 Å². The molecule has 3 rings (SSSR count). The quantitative estimate of drug-likeness (QED) is 0.476. The molecule has 1 aliphatic heterocycles. The summed E-state index contributed by atoms with van der Waals surface area (Å²) in [5.74, 6) is 0.636. The van der Waals surface area contributed by atoms with E-state index < -0.39 is 0 Å². The number of benzene rings is 2. The van der Waals surface area contributed by atoms with Crippen LogP contribution in [-0.4, -0.2) is 36.7 Å². The van der Waals surface area contributed by atoms with Crippen LogP contribution in [0.4, 0.5) is 5.69 Å². The Hall–Kier alpha value is -0.404. The third-order valence-corrected chi connectivity index (χ3v) is 5.13. The van der Waals surface area contributed by atoms with Gasteiger partial charge in [-0.25, -0.2) is 0 Å². The zero-order valence-electron chi connectivity index (χ0n) is 14.9. The Labute approximate surface area is 206 Å². The van der Waals surface area contributed by atoms with Crippen molar-refractivity contribution in [2.75, 3.05) is 20.1 Å². The number of likely N-dealkylation sites (tertiary alicyclic amines) is 1. The summed E-state index contributed by atoms with van der Waals surface area (Å²) in [5, 5.41) is 14.0. The number of hydrogen-bond donors (Lipinski definition) is 1. The summed E-state index contributed by atoms with van der Waals surface area (Å²) in [6.45, 7) is 1.13. The smallest absolute Gasteiger partial charge is 0.686 e. The molecular weight excluding hydrogens is 396 g/mol. The summed E-state index contributed by atoms with van der Waals surface area (Å²) < 4.78 is 0. The Morgan fingerprint density at radius 3 is 2.42 bits per heavy atom. The normalized spacial score (nSPS) is 14.0. The number of hydrogen-bond acceptors (Lipinski definition) is 2. The van der Waals surface area contributed by atoms with E-state index in [0.717, 1.165) is 22.4 Å². The molecule has 26 heavy (non-hydrogen) atoms. The van der Waals surface area contributed by atoms with E-state index in [2.05, 4.69) is 5.32 Å². The van der Waals surface area contributed by atoms with Crippen LogP contribution in [0, 0.1) is 5.41 Å². The molecule has 1 fully saturated rings. The fourth-order valence-electron chi connectivity index (χ4n) is 3.02. The van der Waals surface area contributed by atoms with Gasteiger partial charge in [-0.05, 0) is 23.3 Å². The Kier molecular flexibility index (Phi) is 8.16. The first-order valence-electron chi connectivity index (χ1n) is 8.05. The van der Waals surface area contributed by atoms with Gasteiger partial charge in [0.25, 0.3) is 0 Å². The number of rotatable bonds is 3. The molecule has 2 aromatic carbocycles. The van der Waals surface area contributed by atoms with Crippen molar-refractivity contribution >= 4 is 40.5 Å². The topological polar surface area (TPSA) is 58.3 Å². The fraction of sp³-hybridized carbons (Fsp3) is 0.263. The maximum atomic E-state index is 11.5. The number of amidine groups is 1. The van der Waals surface area contributed by atoms with Crippen molar-refractivity contribution in [2.45, 2.75) is 12.8 Å². The van der Waals surface area contributed by atoms with Crippen molar-refractivity contribution in [3.63, 3.8) is 0 Å². The number of piperidine rings is 1.